The molecule has 0 atom stereocenters. The molecule has 0 aromatic heterocycles. The number of allylic oxidation sites excluding steroid dienone is 2. The summed E-state index contributed by atoms with van der Waals surface area (Å²) in [5, 5.41) is 0. The SMILES string of the molecule is C=CCCS(C)(C)CCC=C. The van der Waals surface area contributed by atoms with E-state index in [1.54, 1.807) is 0 Å². The van der Waals surface area contributed by atoms with Gasteiger partial charge in [0.1, 0.15) is 0 Å². The average Bonchev–Trinajstić information content (AvgIpc) is 1.97. The maximum absolute atomic E-state index is 3.74. The third-order valence-corrected chi connectivity index (χ3v) is 4.43. The molecule has 0 aliphatic rings. The zero-order valence-electron chi connectivity index (χ0n) is 7.81. The molecule has 0 saturated heterocycles. The Labute approximate surface area is 72.7 Å². The Hall–Kier alpha value is -0.170. The maximum Gasteiger partial charge on any atom is -0.0198 e. The average molecular weight is 172 g/mol. The quantitative estimate of drug-likeness (QED) is 0.540. The normalized spacial score (nSPS) is 12.5. The van der Waals surface area contributed by atoms with Crippen LogP contribution in [0.5, 0.6) is 0 Å². The summed E-state index contributed by atoms with van der Waals surface area (Å²) in [6, 6.07) is 0. The molecule has 0 aromatic carbocycles. The fraction of sp³-hybridized carbons (Fsp3) is 0.600. The molecular weight excluding hydrogens is 152 g/mol. The van der Waals surface area contributed by atoms with Crippen LogP contribution in [0.1, 0.15) is 12.8 Å². The van der Waals surface area contributed by atoms with Crippen molar-refractivity contribution in [1.82, 2.24) is 0 Å². The van der Waals surface area contributed by atoms with Gasteiger partial charge in [-0.2, -0.15) is 0 Å². The molecule has 0 unspecified atom stereocenters. The molecule has 0 bridgehead atoms. The molecule has 0 heterocycles. The predicted octanol–water partition coefficient (Wildman–Crippen LogP) is 3.20. The Balaban J connectivity index is 3.59. The van der Waals surface area contributed by atoms with Gasteiger partial charge in [0.25, 0.3) is 0 Å². The smallest absolute Gasteiger partial charge is 0.0198 e. The minimum atomic E-state index is -0.348. The third kappa shape index (κ3) is 6.24. The fourth-order valence-corrected chi connectivity index (χ4v) is 2.72. The van der Waals surface area contributed by atoms with Crippen molar-refractivity contribution in [2.24, 2.45) is 0 Å². The van der Waals surface area contributed by atoms with Gasteiger partial charge in [0, 0.05) is 0 Å². The summed E-state index contributed by atoms with van der Waals surface area (Å²) in [5.74, 6) is 2.65. The third-order valence-electron chi connectivity index (χ3n) is 1.75. The van der Waals surface area contributed by atoms with Crippen LogP contribution in [-0.2, 0) is 0 Å². The van der Waals surface area contributed by atoms with Crippen LogP contribution >= 0.6 is 10.0 Å². The summed E-state index contributed by atoms with van der Waals surface area (Å²) in [5.41, 5.74) is 0. The second-order valence-corrected chi connectivity index (χ2v) is 7.68. The Morgan fingerprint density at radius 2 is 1.36 bits per heavy atom. The molecule has 0 aliphatic carbocycles. The van der Waals surface area contributed by atoms with Gasteiger partial charge in [0.15, 0.2) is 0 Å². The van der Waals surface area contributed by atoms with Gasteiger partial charge in [-0.05, 0) is 36.9 Å². The largest absolute Gasteiger partial charge is 0.246 e. The Kier molecular flexibility index (Phi) is 5.39. The van der Waals surface area contributed by atoms with E-state index in [9.17, 15) is 0 Å². The molecule has 0 nitrogen and oxygen atoms in total. The van der Waals surface area contributed by atoms with Crippen LogP contribution < -0.4 is 0 Å². The van der Waals surface area contributed by atoms with Crippen LogP contribution in [0.15, 0.2) is 25.3 Å². The van der Waals surface area contributed by atoms with E-state index >= 15 is 0 Å². The number of rotatable bonds is 6. The van der Waals surface area contributed by atoms with Gasteiger partial charge in [-0.25, -0.2) is 10.0 Å². The zero-order chi connectivity index (χ0) is 8.74. The second-order valence-electron chi connectivity index (χ2n) is 3.33. The lowest BCUT2D eigenvalue weighted by molar-refractivity contribution is 1.18. The van der Waals surface area contributed by atoms with Crippen molar-refractivity contribution < 1.29 is 0 Å². The topological polar surface area (TPSA) is 0 Å². The van der Waals surface area contributed by atoms with E-state index in [0.717, 1.165) is 0 Å². The van der Waals surface area contributed by atoms with Crippen LogP contribution in [0.3, 0.4) is 0 Å². The minimum Gasteiger partial charge on any atom is -0.246 e. The van der Waals surface area contributed by atoms with Gasteiger partial charge in [-0.3, -0.25) is 0 Å². The maximum atomic E-state index is 3.74. The molecular formula is C10H20S. The van der Waals surface area contributed by atoms with Crippen molar-refractivity contribution in [3.63, 3.8) is 0 Å². The summed E-state index contributed by atoms with van der Waals surface area (Å²) < 4.78 is 0. The van der Waals surface area contributed by atoms with E-state index in [-0.39, 0.29) is 10.0 Å². The summed E-state index contributed by atoms with van der Waals surface area (Å²) in [6.45, 7) is 7.47. The molecule has 0 N–H and O–H groups in total. The molecule has 0 radical (unpaired) electrons. The van der Waals surface area contributed by atoms with Gasteiger partial charge >= 0.3 is 0 Å². The van der Waals surface area contributed by atoms with Crippen molar-refractivity contribution in [2.45, 2.75) is 12.8 Å². The first-order chi connectivity index (χ1) is 5.12. The zero-order valence-corrected chi connectivity index (χ0v) is 8.62. The van der Waals surface area contributed by atoms with E-state index in [2.05, 4.69) is 25.7 Å². The second kappa shape index (κ2) is 5.48. The highest BCUT2D eigenvalue weighted by Crippen LogP contribution is 2.40. The van der Waals surface area contributed by atoms with Gasteiger partial charge in [0.05, 0.1) is 0 Å². The molecule has 11 heavy (non-hydrogen) atoms. The van der Waals surface area contributed by atoms with Gasteiger partial charge in [0.2, 0.25) is 0 Å². The highest BCUT2D eigenvalue weighted by molar-refractivity contribution is 8.32. The van der Waals surface area contributed by atoms with Crippen LogP contribution in [-0.4, -0.2) is 24.0 Å². The molecule has 0 aromatic rings. The summed E-state index contributed by atoms with van der Waals surface area (Å²) in [7, 11) is -0.348. The number of hydrogen-bond acceptors (Lipinski definition) is 0. The molecule has 0 amide bonds. The van der Waals surface area contributed by atoms with Crippen molar-refractivity contribution in [1.29, 1.82) is 0 Å². The molecule has 0 saturated carbocycles. The van der Waals surface area contributed by atoms with Crippen molar-refractivity contribution >= 4 is 10.0 Å². The lowest BCUT2D eigenvalue weighted by Gasteiger charge is -2.30. The predicted molar refractivity (Wildman–Crippen MR) is 58.8 cm³/mol. The molecule has 0 spiro atoms. The Bertz CT molecular complexity index is 111. The lowest BCUT2D eigenvalue weighted by Crippen LogP contribution is -2.04. The first-order valence-corrected chi connectivity index (χ1v) is 6.81. The molecule has 1 heteroatoms. The molecule has 0 fully saturated rings. The van der Waals surface area contributed by atoms with E-state index in [1.807, 2.05) is 12.2 Å². The fourth-order valence-electron chi connectivity index (χ4n) is 0.907. The first kappa shape index (κ1) is 10.8. The van der Waals surface area contributed by atoms with Crippen LogP contribution in [0.25, 0.3) is 0 Å². The van der Waals surface area contributed by atoms with E-state index in [4.69, 9.17) is 0 Å². The van der Waals surface area contributed by atoms with Crippen molar-refractivity contribution in [3.8, 4) is 0 Å². The van der Waals surface area contributed by atoms with Crippen LogP contribution in [0, 0.1) is 0 Å². The molecule has 0 rings (SSSR count). The van der Waals surface area contributed by atoms with E-state index < -0.39 is 0 Å². The van der Waals surface area contributed by atoms with Gasteiger partial charge < -0.3 is 0 Å². The van der Waals surface area contributed by atoms with Gasteiger partial charge in [-0.1, -0.05) is 12.2 Å². The van der Waals surface area contributed by atoms with Gasteiger partial charge in [-0.15, -0.1) is 13.2 Å². The van der Waals surface area contributed by atoms with Crippen molar-refractivity contribution in [3.05, 3.63) is 25.3 Å². The summed E-state index contributed by atoms with van der Waals surface area (Å²) in [4.78, 5) is 0. The molecule has 66 valence electrons. The summed E-state index contributed by atoms with van der Waals surface area (Å²) in [6.07, 6.45) is 11.1. The number of hydrogen-bond donors (Lipinski definition) is 0. The van der Waals surface area contributed by atoms with E-state index in [0.29, 0.717) is 0 Å². The van der Waals surface area contributed by atoms with Crippen LogP contribution in [0.4, 0.5) is 0 Å². The Morgan fingerprint density at radius 3 is 1.64 bits per heavy atom. The first-order valence-electron chi connectivity index (χ1n) is 4.03. The highest BCUT2D eigenvalue weighted by atomic mass is 32.3. The minimum absolute atomic E-state index is 0.348. The Morgan fingerprint density at radius 1 is 1.00 bits per heavy atom. The summed E-state index contributed by atoms with van der Waals surface area (Å²) >= 11 is 0. The highest BCUT2D eigenvalue weighted by Gasteiger charge is 2.08. The van der Waals surface area contributed by atoms with Crippen LogP contribution in [0.2, 0.25) is 0 Å². The lowest BCUT2D eigenvalue weighted by atomic mass is 10.5. The van der Waals surface area contributed by atoms with E-state index in [1.165, 1.54) is 24.3 Å². The standard InChI is InChI=1S/C10H20S/c1-5-7-9-11(3,4)10-8-6-2/h5-6H,1-2,7-10H2,3-4H3. The monoisotopic (exact) mass is 172 g/mol. The van der Waals surface area contributed by atoms with Crippen molar-refractivity contribution in [2.75, 3.05) is 24.0 Å². The molecule has 0 aliphatic heterocycles.